The molecule has 1 atom stereocenters. The third-order valence-electron chi connectivity index (χ3n) is 5.53. The van der Waals surface area contributed by atoms with Crippen LogP contribution in [0.25, 0.3) is 10.2 Å². The van der Waals surface area contributed by atoms with Gasteiger partial charge in [0.25, 0.3) is 0 Å². The standard InChI is InChI=1S/C23H34N8O2S.C2H6.C2H2/c1-5-10-25-28-31(17(4)6-2)33-15-8-9-20(32)29-11-13-30(14-12-29)21-19-16-18(7-3)34-22(19)27-23(24)26-21;2*1-2/h5-6,16-17H,1-2,7-15H2,3-4H3,(H2,24,26,27);1-2H3;1-2H. The molecule has 0 aliphatic carbocycles. The summed E-state index contributed by atoms with van der Waals surface area (Å²) in [7, 11) is 0. The molecule has 1 fully saturated rings. The third-order valence-corrected chi connectivity index (χ3v) is 6.70. The predicted molar refractivity (Wildman–Crippen MR) is 158 cm³/mol. The van der Waals surface area contributed by atoms with Gasteiger partial charge < -0.3 is 15.5 Å². The van der Waals surface area contributed by atoms with Crippen molar-refractivity contribution < 1.29 is 9.63 Å². The Balaban J connectivity index is 0.00000172. The molecule has 11 heteroatoms. The van der Waals surface area contributed by atoms with Crippen molar-refractivity contribution in [2.75, 3.05) is 50.0 Å². The second-order valence-corrected chi connectivity index (χ2v) is 9.09. The van der Waals surface area contributed by atoms with E-state index in [-0.39, 0.29) is 17.9 Å². The molecule has 1 amide bonds. The number of hydrogen-bond acceptors (Lipinski definition) is 9. The molecule has 3 heterocycles. The topological polar surface area (TPSA) is 113 Å². The number of hydroxylamine groups is 1. The molecule has 2 N–H and O–H groups in total. The number of fused-ring (bicyclic) bond motifs is 1. The number of nitrogens with two attached hydrogens (primary N) is 1. The first-order valence-electron chi connectivity index (χ1n) is 12.9. The second-order valence-electron chi connectivity index (χ2n) is 7.98. The zero-order chi connectivity index (χ0) is 28.5. The summed E-state index contributed by atoms with van der Waals surface area (Å²) in [5.41, 5.74) is 5.96. The fourth-order valence-electron chi connectivity index (χ4n) is 3.57. The van der Waals surface area contributed by atoms with E-state index in [0.717, 1.165) is 22.5 Å². The van der Waals surface area contributed by atoms with E-state index in [9.17, 15) is 4.79 Å². The molecule has 1 aliphatic rings. The fourth-order valence-corrected chi connectivity index (χ4v) is 4.54. The molecule has 1 aliphatic heterocycles. The van der Waals surface area contributed by atoms with Crippen LogP contribution in [-0.4, -0.2) is 71.3 Å². The van der Waals surface area contributed by atoms with Crippen LogP contribution in [0.15, 0.2) is 41.7 Å². The smallest absolute Gasteiger partial charge is 0.223 e. The summed E-state index contributed by atoms with van der Waals surface area (Å²) in [5.74, 6) is 1.27. The highest BCUT2D eigenvalue weighted by molar-refractivity contribution is 7.18. The molecule has 2 aromatic heterocycles. The Morgan fingerprint density at radius 3 is 2.58 bits per heavy atom. The van der Waals surface area contributed by atoms with Crippen molar-refractivity contribution in [3.05, 3.63) is 36.3 Å². The molecule has 0 bridgehead atoms. The van der Waals surface area contributed by atoms with E-state index in [1.807, 2.05) is 25.7 Å². The molecular formula is C27H42N8O2S. The molecule has 0 aromatic carbocycles. The van der Waals surface area contributed by atoms with Crippen LogP contribution >= 0.6 is 11.3 Å². The zero-order valence-electron chi connectivity index (χ0n) is 23.2. The van der Waals surface area contributed by atoms with E-state index >= 15 is 0 Å². The third kappa shape index (κ3) is 9.43. The van der Waals surface area contributed by atoms with E-state index in [1.54, 1.807) is 23.5 Å². The van der Waals surface area contributed by atoms with Crippen LogP contribution < -0.4 is 10.6 Å². The number of carbonyl (C=O) groups excluding carboxylic acids is 1. The number of rotatable bonds is 12. The van der Waals surface area contributed by atoms with Crippen LogP contribution in [-0.2, 0) is 16.1 Å². The number of terminal acetylenes is 1. The first-order valence-corrected chi connectivity index (χ1v) is 13.7. The molecule has 3 rings (SSSR count). The van der Waals surface area contributed by atoms with Crippen LogP contribution in [0.5, 0.6) is 0 Å². The Kier molecular flexibility index (Phi) is 15.3. The van der Waals surface area contributed by atoms with Gasteiger partial charge >= 0.3 is 0 Å². The minimum Gasteiger partial charge on any atom is -0.368 e. The lowest BCUT2D eigenvalue weighted by atomic mass is 10.2. The molecule has 10 nitrogen and oxygen atoms in total. The molecule has 38 heavy (non-hydrogen) atoms. The summed E-state index contributed by atoms with van der Waals surface area (Å²) in [6, 6.07) is 2.02. The van der Waals surface area contributed by atoms with Crippen LogP contribution in [0.2, 0.25) is 0 Å². The molecule has 2 aromatic rings. The Bertz CT molecular complexity index is 1060. The minimum absolute atomic E-state index is 0.121. The molecule has 0 radical (unpaired) electrons. The first-order chi connectivity index (χ1) is 18.5. The van der Waals surface area contributed by atoms with Gasteiger partial charge in [-0.15, -0.1) is 42.5 Å². The van der Waals surface area contributed by atoms with Crippen LogP contribution in [0.4, 0.5) is 11.8 Å². The van der Waals surface area contributed by atoms with E-state index in [4.69, 9.17) is 10.6 Å². The Labute approximate surface area is 231 Å². The average Bonchev–Trinajstić information content (AvgIpc) is 3.38. The van der Waals surface area contributed by atoms with Crippen molar-refractivity contribution in [1.82, 2.24) is 20.0 Å². The van der Waals surface area contributed by atoms with Crippen LogP contribution in [0.3, 0.4) is 0 Å². The minimum atomic E-state index is -0.128. The highest BCUT2D eigenvalue weighted by atomic mass is 32.1. The van der Waals surface area contributed by atoms with Gasteiger partial charge in [0.1, 0.15) is 10.6 Å². The van der Waals surface area contributed by atoms with E-state index in [1.165, 1.54) is 10.0 Å². The van der Waals surface area contributed by atoms with Gasteiger partial charge in [-0.3, -0.25) is 9.63 Å². The number of nitrogen functional groups attached to an aromatic ring is 1. The molecular weight excluding hydrogens is 500 g/mol. The maximum atomic E-state index is 12.7. The zero-order valence-corrected chi connectivity index (χ0v) is 24.0. The van der Waals surface area contributed by atoms with Crippen molar-refractivity contribution in [3.8, 4) is 12.8 Å². The van der Waals surface area contributed by atoms with Gasteiger partial charge in [-0.25, -0.2) is 4.98 Å². The number of aromatic nitrogens is 2. The van der Waals surface area contributed by atoms with Gasteiger partial charge in [0.2, 0.25) is 11.9 Å². The lowest BCUT2D eigenvalue weighted by Crippen LogP contribution is -2.49. The average molecular weight is 543 g/mol. The van der Waals surface area contributed by atoms with Crippen molar-refractivity contribution in [2.24, 2.45) is 10.3 Å². The monoisotopic (exact) mass is 542 g/mol. The van der Waals surface area contributed by atoms with Gasteiger partial charge in [-0.1, -0.05) is 32.9 Å². The first kappa shape index (κ1) is 32.5. The summed E-state index contributed by atoms with van der Waals surface area (Å²) in [4.78, 5) is 33.6. The molecule has 208 valence electrons. The second kappa shape index (κ2) is 17.9. The maximum absolute atomic E-state index is 12.7. The SMILES string of the molecule is C#C.C=CCN=NN(OCCCC(=O)N1CCN(c2nc(N)nc3sc(CC)cc23)CC1)C(C)C=C.CC. The van der Waals surface area contributed by atoms with E-state index in [0.29, 0.717) is 52.2 Å². The quantitative estimate of drug-likeness (QED) is 0.133. The van der Waals surface area contributed by atoms with E-state index in [2.05, 4.69) is 64.2 Å². The summed E-state index contributed by atoms with van der Waals surface area (Å²) in [5, 5.41) is 10.5. The van der Waals surface area contributed by atoms with Gasteiger partial charge in [0.05, 0.1) is 24.6 Å². The van der Waals surface area contributed by atoms with Gasteiger partial charge in [-0.2, -0.15) is 10.1 Å². The van der Waals surface area contributed by atoms with Crippen molar-refractivity contribution >= 4 is 39.2 Å². The van der Waals surface area contributed by atoms with Gasteiger partial charge in [0.15, 0.2) is 0 Å². The van der Waals surface area contributed by atoms with Crippen molar-refractivity contribution in [3.63, 3.8) is 0 Å². The molecule has 0 saturated carbocycles. The molecule has 0 spiro atoms. The molecule has 1 saturated heterocycles. The fraction of sp³-hybridized carbons (Fsp3) is 0.519. The lowest BCUT2D eigenvalue weighted by Gasteiger charge is -2.35. The number of nitrogens with zero attached hydrogens (tertiary/aromatic N) is 7. The van der Waals surface area contributed by atoms with Gasteiger partial charge in [0, 0.05) is 37.5 Å². The number of hydrogen-bond donors (Lipinski definition) is 1. The number of piperazine rings is 1. The predicted octanol–water partition coefficient (Wildman–Crippen LogP) is 4.90. The number of aryl methyl sites for hydroxylation is 1. The highest BCUT2D eigenvalue weighted by Gasteiger charge is 2.24. The molecule has 1 unspecified atom stereocenters. The summed E-state index contributed by atoms with van der Waals surface area (Å²) in [6.07, 6.45) is 13.3. The normalized spacial score (nSPS) is 13.7. The number of amides is 1. The van der Waals surface area contributed by atoms with Gasteiger partial charge in [-0.05, 0) is 31.1 Å². The summed E-state index contributed by atoms with van der Waals surface area (Å²) in [6.45, 7) is 18.9. The number of carbonyl (C=O) groups is 1. The Hall–Kier alpha value is -3.49. The number of thiophene rings is 1. The Morgan fingerprint density at radius 1 is 1.29 bits per heavy atom. The lowest BCUT2D eigenvalue weighted by molar-refractivity contribution is -0.181. The van der Waals surface area contributed by atoms with Crippen molar-refractivity contribution in [1.29, 1.82) is 0 Å². The van der Waals surface area contributed by atoms with E-state index < -0.39 is 0 Å². The summed E-state index contributed by atoms with van der Waals surface area (Å²) < 4.78 is 0. The number of anilines is 2. The van der Waals surface area contributed by atoms with Crippen LogP contribution in [0.1, 0.15) is 45.4 Å². The van der Waals surface area contributed by atoms with Crippen LogP contribution in [0, 0.1) is 12.8 Å². The maximum Gasteiger partial charge on any atom is 0.223 e. The largest absolute Gasteiger partial charge is 0.368 e. The van der Waals surface area contributed by atoms with Crippen molar-refractivity contribution in [2.45, 2.75) is 53.0 Å². The summed E-state index contributed by atoms with van der Waals surface area (Å²) >= 11 is 1.66. The Morgan fingerprint density at radius 2 is 1.97 bits per heavy atom. The highest BCUT2D eigenvalue weighted by Crippen LogP contribution is 2.32.